The molecule has 0 aliphatic rings. The second-order valence-corrected chi connectivity index (χ2v) is 3.85. The fourth-order valence-corrected chi connectivity index (χ4v) is 1.72. The molecule has 1 rings (SSSR count). The molecule has 0 unspecified atom stereocenters. The minimum absolute atomic E-state index is 0.772. The molecule has 15 heavy (non-hydrogen) atoms. The first-order valence-electron chi connectivity index (χ1n) is 5.31. The Morgan fingerprint density at radius 2 is 2.20 bits per heavy atom. The number of methoxy groups -OCH3 is 1. The lowest BCUT2D eigenvalue weighted by atomic mass is 10.1. The number of rotatable bonds is 6. The van der Waals surface area contributed by atoms with Crippen LogP contribution >= 0.6 is 11.6 Å². The van der Waals surface area contributed by atoms with Gasteiger partial charge in [-0.1, -0.05) is 18.5 Å². The minimum atomic E-state index is 0.772. The van der Waals surface area contributed by atoms with Crippen molar-refractivity contribution in [2.24, 2.45) is 0 Å². The van der Waals surface area contributed by atoms with Crippen molar-refractivity contribution >= 4 is 11.6 Å². The Morgan fingerprint density at radius 3 is 2.87 bits per heavy atom. The minimum Gasteiger partial charge on any atom is -0.496 e. The summed E-state index contributed by atoms with van der Waals surface area (Å²) in [5.74, 6) is 0.927. The van der Waals surface area contributed by atoms with Crippen LogP contribution in [0.2, 0.25) is 5.02 Å². The molecule has 84 valence electrons. The van der Waals surface area contributed by atoms with E-state index in [2.05, 4.69) is 12.2 Å². The van der Waals surface area contributed by atoms with Crippen LogP contribution in [0.15, 0.2) is 18.2 Å². The van der Waals surface area contributed by atoms with E-state index in [0.29, 0.717) is 0 Å². The molecule has 1 aromatic rings. The Labute approximate surface area is 96.6 Å². The van der Waals surface area contributed by atoms with Gasteiger partial charge in [-0.05, 0) is 49.7 Å². The van der Waals surface area contributed by atoms with E-state index in [0.717, 1.165) is 36.7 Å². The molecule has 0 amide bonds. The summed E-state index contributed by atoms with van der Waals surface area (Å²) in [4.78, 5) is 0. The molecule has 0 aliphatic carbocycles. The summed E-state index contributed by atoms with van der Waals surface area (Å²) in [7, 11) is 1.69. The van der Waals surface area contributed by atoms with Crippen LogP contribution in [0.4, 0.5) is 0 Å². The van der Waals surface area contributed by atoms with Gasteiger partial charge in [0.1, 0.15) is 5.75 Å². The van der Waals surface area contributed by atoms with Gasteiger partial charge >= 0.3 is 0 Å². The topological polar surface area (TPSA) is 21.3 Å². The summed E-state index contributed by atoms with van der Waals surface area (Å²) in [5.41, 5.74) is 1.18. The van der Waals surface area contributed by atoms with Crippen LogP contribution in [0.3, 0.4) is 0 Å². The standard InChI is InChI=1S/C12H18ClNO/c1-3-14-8-4-5-10-9-11(13)6-7-12(10)15-2/h6-7,9,14H,3-5,8H2,1-2H3. The number of nitrogens with one attached hydrogen (secondary N) is 1. The highest BCUT2D eigenvalue weighted by atomic mass is 35.5. The van der Waals surface area contributed by atoms with E-state index in [1.807, 2.05) is 18.2 Å². The lowest BCUT2D eigenvalue weighted by Gasteiger charge is -2.08. The highest BCUT2D eigenvalue weighted by Gasteiger charge is 2.03. The Kier molecular flexibility index (Phi) is 5.51. The molecule has 2 nitrogen and oxygen atoms in total. The second-order valence-electron chi connectivity index (χ2n) is 3.41. The summed E-state index contributed by atoms with van der Waals surface area (Å²) in [6.45, 7) is 4.17. The summed E-state index contributed by atoms with van der Waals surface area (Å²) in [6, 6.07) is 5.76. The van der Waals surface area contributed by atoms with E-state index in [9.17, 15) is 0 Å². The number of aryl methyl sites for hydroxylation is 1. The smallest absolute Gasteiger partial charge is 0.122 e. The molecule has 0 aliphatic heterocycles. The predicted octanol–water partition coefficient (Wildman–Crippen LogP) is 2.89. The summed E-state index contributed by atoms with van der Waals surface area (Å²) in [6.07, 6.45) is 2.10. The maximum absolute atomic E-state index is 5.94. The third-order valence-electron chi connectivity index (χ3n) is 2.29. The van der Waals surface area contributed by atoms with E-state index in [4.69, 9.17) is 16.3 Å². The molecule has 0 fully saturated rings. The molecule has 0 atom stereocenters. The first-order chi connectivity index (χ1) is 7.27. The third kappa shape index (κ3) is 4.10. The highest BCUT2D eigenvalue weighted by Crippen LogP contribution is 2.23. The van der Waals surface area contributed by atoms with E-state index >= 15 is 0 Å². The van der Waals surface area contributed by atoms with Crippen molar-refractivity contribution in [1.82, 2.24) is 5.32 Å². The van der Waals surface area contributed by atoms with Crippen LogP contribution in [-0.2, 0) is 6.42 Å². The maximum atomic E-state index is 5.94. The third-order valence-corrected chi connectivity index (χ3v) is 2.53. The zero-order chi connectivity index (χ0) is 11.1. The zero-order valence-corrected chi connectivity index (χ0v) is 10.1. The van der Waals surface area contributed by atoms with Crippen molar-refractivity contribution in [3.8, 4) is 5.75 Å². The van der Waals surface area contributed by atoms with E-state index < -0.39 is 0 Å². The normalized spacial score (nSPS) is 10.3. The van der Waals surface area contributed by atoms with Crippen molar-refractivity contribution in [2.75, 3.05) is 20.2 Å². The summed E-state index contributed by atoms with van der Waals surface area (Å²) in [5, 5.41) is 4.07. The van der Waals surface area contributed by atoms with Gasteiger partial charge in [-0.2, -0.15) is 0 Å². The number of hydrogen-bond donors (Lipinski definition) is 1. The Bertz CT molecular complexity index is 302. The molecule has 0 bridgehead atoms. The van der Waals surface area contributed by atoms with E-state index in [1.54, 1.807) is 7.11 Å². The van der Waals surface area contributed by atoms with Crippen molar-refractivity contribution < 1.29 is 4.74 Å². The van der Waals surface area contributed by atoms with Gasteiger partial charge < -0.3 is 10.1 Å². The number of hydrogen-bond acceptors (Lipinski definition) is 2. The molecule has 0 spiro atoms. The lowest BCUT2D eigenvalue weighted by molar-refractivity contribution is 0.409. The Balaban J connectivity index is 2.54. The molecular weight excluding hydrogens is 210 g/mol. The quantitative estimate of drug-likeness (QED) is 0.755. The van der Waals surface area contributed by atoms with Gasteiger partial charge in [-0.3, -0.25) is 0 Å². The molecule has 0 heterocycles. The number of benzene rings is 1. The van der Waals surface area contributed by atoms with Crippen LogP contribution in [0.5, 0.6) is 5.75 Å². The molecule has 0 radical (unpaired) electrons. The van der Waals surface area contributed by atoms with Gasteiger partial charge in [0.2, 0.25) is 0 Å². The highest BCUT2D eigenvalue weighted by molar-refractivity contribution is 6.30. The van der Waals surface area contributed by atoms with Crippen LogP contribution < -0.4 is 10.1 Å². The van der Waals surface area contributed by atoms with E-state index in [1.165, 1.54) is 5.56 Å². The lowest BCUT2D eigenvalue weighted by Crippen LogP contribution is -2.14. The average molecular weight is 228 g/mol. The van der Waals surface area contributed by atoms with Crippen molar-refractivity contribution in [3.05, 3.63) is 28.8 Å². The predicted molar refractivity (Wildman–Crippen MR) is 64.9 cm³/mol. The van der Waals surface area contributed by atoms with Crippen LogP contribution in [0, 0.1) is 0 Å². The van der Waals surface area contributed by atoms with Gasteiger partial charge in [0.05, 0.1) is 7.11 Å². The van der Waals surface area contributed by atoms with Crippen molar-refractivity contribution in [2.45, 2.75) is 19.8 Å². The molecule has 1 N–H and O–H groups in total. The van der Waals surface area contributed by atoms with Crippen LogP contribution in [0.25, 0.3) is 0 Å². The van der Waals surface area contributed by atoms with Gasteiger partial charge in [0.15, 0.2) is 0 Å². The van der Waals surface area contributed by atoms with Crippen LogP contribution in [-0.4, -0.2) is 20.2 Å². The molecule has 0 saturated heterocycles. The average Bonchev–Trinajstić information content (AvgIpc) is 2.25. The maximum Gasteiger partial charge on any atom is 0.122 e. The first-order valence-corrected chi connectivity index (χ1v) is 5.69. The molecule has 3 heteroatoms. The molecule has 0 aromatic heterocycles. The van der Waals surface area contributed by atoms with Gasteiger partial charge in [0, 0.05) is 5.02 Å². The fraction of sp³-hybridized carbons (Fsp3) is 0.500. The SMILES string of the molecule is CCNCCCc1cc(Cl)ccc1OC. The largest absolute Gasteiger partial charge is 0.496 e. The van der Waals surface area contributed by atoms with Crippen molar-refractivity contribution in [3.63, 3.8) is 0 Å². The first kappa shape index (κ1) is 12.3. The summed E-state index contributed by atoms with van der Waals surface area (Å²) < 4.78 is 5.28. The van der Waals surface area contributed by atoms with Crippen molar-refractivity contribution in [1.29, 1.82) is 0 Å². The number of ether oxygens (including phenoxy) is 1. The van der Waals surface area contributed by atoms with Crippen LogP contribution in [0.1, 0.15) is 18.9 Å². The van der Waals surface area contributed by atoms with Gasteiger partial charge in [-0.15, -0.1) is 0 Å². The fourth-order valence-electron chi connectivity index (χ4n) is 1.52. The molecule has 1 aromatic carbocycles. The summed E-state index contributed by atoms with van der Waals surface area (Å²) >= 11 is 5.94. The van der Waals surface area contributed by atoms with Gasteiger partial charge in [0.25, 0.3) is 0 Å². The number of halogens is 1. The van der Waals surface area contributed by atoms with E-state index in [-0.39, 0.29) is 0 Å². The Hall–Kier alpha value is -0.730. The second kappa shape index (κ2) is 6.70. The van der Waals surface area contributed by atoms with Gasteiger partial charge in [-0.25, -0.2) is 0 Å². The molecular formula is C12H18ClNO. The zero-order valence-electron chi connectivity index (χ0n) is 9.35. The Morgan fingerprint density at radius 1 is 1.40 bits per heavy atom. The molecule has 0 saturated carbocycles. The monoisotopic (exact) mass is 227 g/mol.